The Labute approximate surface area is 121 Å². The fourth-order valence-electron chi connectivity index (χ4n) is 2.00. The van der Waals surface area contributed by atoms with Crippen LogP contribution >= 0.6 is 0 Å². The Morgan fingerprint density at radius 2 is 2.14 bits per heavy atom. The second kappa shape index (κ2) is 5.47. The molecule has 1 saturated carbocycles. The first-order valence-corrected chi connectivity index (χ1v) is 6.85. The van der Waals surface area contributed by atoms with Crippen molar-refractivity contribution in [3.05, 3.63) is 30.0 Å². The first-order valence-electron chi connectivity index (χ1n) is 6.85. The highest BCUT2D eigenvalue weighted by Crippen LogP contribution is 2.27. The Morgan fingerprint density at radius 3 is 2.90 bits per heavy atom. The van der Waals surface area contributed by atoms with E-state index in [-0.39, 0.29) is 18.3 Å². The van der Waals surface area contributed by atoms with E-state index in [2.05, 4.69) is 5.32 Å². The van der Waals surface area contributed by atoms with Crippen LogP contribution < -0.4 is 11.1 Å². The summed E-state index contributed by atoms with van der Waals surface area (Å²) in [5, 5.41) is 3.44. The first-order chi connectivity index (χ1) is 10.1. The third-order valence-corrected chi connectivity index (χ3v) is 3.36. The summed E-state index contributed by atoms with van der Waals surface area (Å²) in [5.41, 5.74) is 6.80. The number of benzene rings is 1. The summed E-state index contributed by atoms with van der Waals surface area (Å²) in [6, 6.07) is 6.63. The van der Waals surface area contributed by atoms with Crippen LogP contribution in [0, 0.1) is 5.92 Å². The number of anilines is 1. The molecule has 3 N–H and O–H groups in total. The zero-order valence-corrected chi connectivity index (χ0v) is 11.4. The minimum Gasteiger partial charge on any atom is -0.450 e. The van der Waals surface area contributed by atoms with Gasteiger partial charge in [-0.2, -0.15) is 0 Å². The lowest BCUT2D eigenvalue weighted by Gasteiger charge is -2.04. The van der Waals surface area contributed by atoms with Crippen molar-refractivity contribution < 1.29 is 18.7 Å². The van der Waals surface area contributed by atoms with Crippen LogP contribution in [-0.2, 0) is 9.53 Å². The van der Waals surface area contributed by atoms with Crippen molar-refractivity contribution >= 4 is 28.5 Å². The molecular weight excluding hydrogens is 272 g/mol. The maximum absolute atomic E-state index is 11.8. The average Bonchev–Trinajstić information content (AvgIpc) is 3.20. The minimum atomic E-state index is -0.661. The van der Waals surface area contributed by atoms with Crippen LogP contribution in [0.2, 0.25) is 0 Å². The topological polar surface area (TPSA) is 94.6 Å². The van der Waals surface area contributed by atoms with E-state index in [1.165, 1.54) is 0 Å². The van der Waals surface area contributed by atoms with Crippen molar-refractivity contribution in [2.45, 2.75) is 12.8 Å². The summed E-state index contributed by atoms with van der Waals surface area (Å²) in [4.78, 5) is 23.3. The Morgan fingerprint density at radius 1 is 1.33 bits per heavy atom. The van der Waals surface area contributed by atoms with Crippen LogP contribution in [-0.4, -0.2) is 25.0 Å². The van der Waals surface area contributed by atoms with E-state index in [4.69, 9.17) is 14.9 Å². The lowest BCUT2D eigenvalue weighted by Crippen LogP contribution is -2.30. The van der Waals surface area contributed by atoms with Crippen LogP contribution in [0.4, 0.5) is 5.69 Å². The van der Waals surface area contributed by atoms with Crippen LogP contribution in [0.15, 0.2) is 28.7 Å². The van der Waals surface area contributed by atoms with Crippen LogP contribution in [0.3, 0.4) is 0 Å². The summed E-state index contributed by atoms with van der Waals surface area (Å²) in [5.74, 6) is -0.307. The Hall–Kier alpha value is -2.50. The third-order valence-electron chi connectivity index (χ3n) is 3.36. The van der Waals surface area contributed by atoms with E-state index in [9.17, 15) is 9.59 Å². The first kappa shape index (κ1) is 13.5. The SMILES string of the molecule is Nc1ccc2oc(C(=O)OCC(=O)NCC3CC3)cc2c1. The number of fused-ring (bicyclic) bond motifs is 1. The highest BCUT2D eigenvalue weighted by atomic mass is 16.5. The number of carbonyl (C=O) groups excluding carboxylic acids is 2. The lowest BCUT2D eigenvalue weighted by atomic mass is 10.2. The van der Waals surface area contributed by atoms with Gasteiger partial charge >= 0.3 is 5.97 Å². The largest absolute Gasteiger partial charge is 0.450 e. The summed E-state index contributed by atoms with van der Waals surface area (Å²) in [6.45, 7) is 0.352. The third kappa shape index (κ3) is 3.34. The van der Waals surface area contributed by atoms with Gasteiger partial charge in [0.25, 0.3) is 5.91 Å². The molecule has 0 saturated heterocycles. The fraction of sp³-hybridized carbons (Fsp3) is 0.333. The van der Waals surface area contributed by atoms with Gasteiger partial charge in [0.2, 0.25) is 5.76 Å². The number of hydrogen-bond donors (Lipinski definition) is 2. The number of nitrogens with two attached hydrogens (primary N) is 1. The molecule has 0 bridgehead atoms. The number of ether oxygens (including phenoxy) is 1. The van der Waals surface area contributed by atoms with Crippen molar-refractivity contribution in [3.63, 3.8) is 0 Å². The molecule has 1 aromatic carbocycles. The molecule has 110 valence electrons. The van der Waals surface area contributed by atoms with Gasteiger partial charge in [0.1, 0.15) is 5.58 Å². The molecule has 21 heavy (non-hydrogen) atoms. The Kier molecular flexibility index (Phi) is 3.51. The maximum Gasteiger partial charge on any atom is 0.374 e. The predicted octanol–water partition coefficient (Wildman–Crippen LogP) is 1.70. The van der Waals surface area contributed by atoms with Gasteiger partial charge < -0.3 is 20.2 Å². The van der Waals surface area contributed by atoms with Crippen molar-refractivity contribution in [1.82, 2.24) is 5.32 Å². The van der Waals surface area contributed by atoms with E-state index in [0.717, 1.165) is 18.2 Å². The number of nitrogens with one attached hydrogen (secondary N) is 1. The van der Waals surface area contributed by atoms with E-state index in [0.29, 0.717) is 23.7 Å². The standard InChI is InChI=1S/C15H16N2O4/c16-11-3-4-12-10(5-11)6-13(21-12)15(19)20-8-14(18)17-7-9-1-2-9/h3-6,9H,1-2,7-8,16H2,(H,17,18). The van der Waals surface area contributed by atoms with Crippen LogP contribution in [0.1, 0.15) is 23.4 Å². The molecule has 1 fully saturated rings. The van der Waals surface area contributed by atoms with Crippen molar-refractivity contribution in [2.75, 3.05) is 18.9 Å². The molecule has 1 aliphatic rings. The molecule has 0 aliphatic heterocycles. The Bertz CT molecular complexity index is 688. The second-order valence-electron chi connectivity index (χ2n) is 5.23. The van der Waals surface area contributed by atoms with Gasteiger partial charge in [-0.25, -0.2) is 4.79 Å². The van der Waals surface area contributed by atoms with Crippen molar-refractivity contribution in [3.8, 4) is 0 Å². The van der Waals surface area contributed by atoms with E-state index in [1.54, 1.807) is 24.3 Å². The quantitative estimate of drug-likeness (QED) is 0.645. The van der Waals surface area contributed by atoms with Crippen molar-refractivity contribution in [2.24, 2.45) is 5.92 Å². The molecule has 1 aromatic heterocycles. The molecule has 1 aliphatic carbocycles. The molecule has 3 rings (SSSR count). The number of nitrogen functional groups attached to an aromatic ring is 1. The normalized spacial score (nSPS) is 14.1. The van der Waals surface area contributed by atoms with E-state index >= 15 is 0 Å². The highest BCUT2D eigenvalue weighted by molar-refractivity contribution is 5.94. The predicted molar refractivity (Wildman–Crippen MR) is 76.6 cm³/mol. The number of furan rings is 1. The number of esters is 1. The summed E-state index contributed by atoms with van der Waals surface area (Å²) in [7, 11) is 0. The molecule has 0 spiro atoms. The number of hydrogen-bond acceptors (Lipinski definition) is 5. The van der Waals surface area contributed by atoms with Gasteiger partial charge in [0.15, 0.2) is 6.61 Å². The van der Waals surface area contributed by atoms with Gasteiger partial charge in [0, 0.05) is 17.6 Å². The summed E-state index contributed by atoms with van der Waals surface area (Å²) >= 11 is 0. The fourth-order valence-corrected chi connectivity index (χ4v) is 2.00. The molecule has 2 aromatic rings. The molecule has 1 amide bonds. The molecule has 0 unspecified atom stereocenters. The molecule has 0 radical (unpaired) electrons. The number of carbonyl (C=O) groups is 2. The van der Waals surface area contributed by atoms with Gasteiger partial charge in [-0.3, -0.25) is 4.79 Å². The lowest BCUT2D eigenvalue weighted by molar-refractivity contribution is -0.124. The maximum atomic E-state index is 11.8. The van der Waals surface area contributed by atoms with Crippen molar-refractivity contribution in [1.29, 1.82) is 0 Å². The van der Waals surface area contributed by atoms with Gasteiger partial charge in [-0.1, -0.05) is 0 Å². The van der Waals surface area contributed by atoms with E-state index in [1.807, 2.05) is 0 Å². The average molecular weight is 288 g/mol. The van der Waals surface area contributed by atoms with Gasteiger partial charge in [-0.15, -0.1) is 0 Å². The smallest absolute Gasteiger partial charge is 0.374 e. The summed E-state index contributed by atoms with van der Waals surface area (Å²) < 4.78 is 10.3. The monoisotopic (exact) mass is 288 g/mol. The van der Waals surface area contributed by atoms with Gasteiger partial charge in [-0.05, 0) is 43.0 Å². The van der Waals surface area contributed by atoms with E-state index < -0.39 is 5.97 Å². The zero-order valence-electron chi connectivity index (χ0n) is 11.4. The molecule has 0 atom stereocenters. The molecule has 1 heterocycles. The van der Waals surface area contributed by atoms with Crippen LogP contribution in [0.5, 0.6) is 0 Å². The summed E-state index contributed by atoms with van der Waals surface area (Å²) in [6.07, 6.45) is 2.31. The van der Waals surface area contributed by atoms with Crippen LogP contribution in [0.25, 0.3) is 11.0 Å². The zero-order chi connectivity index (χ0) is 14.8. The number of amides is 1. The molecular formula is C15H16N2O4. The highest BCUT2D eigenvalue weighted by Gasteiger charge is 2.22. The number of rotatable bonds is 5. The molecule has 6 heteroatoms. The molecule has 6 nitrogen and oxygen atoms in total. The minimum absolute atomic E-state index is 0.0607. The van der Waals surface area contributed by atoms with Gasteiger partial charge in [0.05, 0.1) is 0 Å². The Balaban J connectivity index is 1.56. The second-order valence-corrected chi connectivity index (χ2v) is 5.23.